The molecule has 2 aromatic rings. The van der Waals surface area contributed by atoms with Gasteiger partial charge in [-0.3, -0.25) is 4.79 Å². The first-order valence-electron chi connectivity index (χ1n) is 8.43. The van der Waals surface area contributed by atoms with Crippen LogP contribution in [0, 0.1) is 25.2 Å². The standard InChI is InChI=1S/C18H21N5OS/c1-12-13(2)23(14-6-3-4-7-14)17(15(12)10-19)22-16(24)11-25-18-20-8-5-9-21-18/h5,8-9,14H,3-4,6-7,11H2,1-2H3,(H,22,24). The van der Waals surface area contributed by atoms with Crippen LogP contribution in [0.3, 0.4) is 0 Å². The molecule has 1 fully saturated rings. The third-order valence-electron chi connectivity index (χ3n) is 4.69. The van der Waals surface area contributed by atoms with Gasteiger partial charge in [0.1, 0.15) is 11.9 Å². The average Bonchev–Trinajstić information content (AvgIpc) is 3.22. The van der Waals surface area contributed by atoms with Gasteiger partial charge in [-0.1, -0.05) is 24.6 Å². The van der Waals surface area contributed by atoms with Crippen molar-refractivity contribution in [2.45, 2.75) is 50.7 Å². The molecule has 0 radical (unpaired) electrons. The zero-order valence-corrected chi connectivity index (χ0v) is 15.3. The number of hydrogen-bond donors (Lipinski definition) is 1. The Morgan fingerprint density at radius 2 is 2.04 bits per heavy atom. The Bertz CT molecular complexity index is 803. The fraction of sp³-hybridized carbons (Fsp3) is 0.444. The van der Waals surface area contributed by atoms with Crippen LogP contribution >= 0.6 is 11.8 Å². The first-order valence-corrected chi connectivity index (χ1v) is 9.41. The summed E-state index contributed by atoms with van der Waals surface area (Å²) in [7, 11) is 0. The summed E-state index contributed by atoms with van der Waals surface area (Å²) in [5, 5.41) is 13.1. The monoisotopic (exact) mass is 355 g/mol. The molecule has 6 nitrogen and oxygen atoms in total. The van der Waals surface area contributed by atoms with E-state index in [9.17, 15) is 10.1 Å². The lowest BCUT2D eigenvalue weighted by Gasteiger charge is -2.19. The quantitative estimate of drug-likeness (QED) is 0.654. The number of rotatable bonds is 5. The number of carbonyl (C=O) groups excluding carboxylic acids is 1. The molecule has 0 unspecified atom stereocenters. The van der Waals surface area contributed by atoms with Gasteiger partial charge < -0.3 is 9.88 Å². The topological polar surface area (TPSA) is 83.6 Å². The molecule has 0 aliphatic heterocycles. The van der Waals surface area contributed by atoms with Gasteiger partial charge >= 0.3 is 0 Å². The predicted molar refractivity (Wildman–Crippen MR) is 97.5 cm³/mol. The second-order valence-corrected chi connectivity index (χ2v) is 7.16. The Morgan fingerprint density at radius 3 is 2.68 bits per heavy atom. The van der Waals surface area contributed by atoms with Crippen LogP contribution in [0.2, 0.25) is 0 Å². The van der Waals surface area contributed by atoms with Crippen molar-refractivity contribution in [3.05, 3.63) is 35.3 Å². The fourth-order valence-electron chi connectivity index (χ4n) is 3.36. The highest BCUT2D eigenvalue weighted by atomic mass is 32.2. The van der Waals surface area contributed by atoms with Gasteiger partial charge in [0, 0.05) is 24.1 Å². The van der Waals surface area contributed by atoms with Crippen LogP contribution < -0.4 is 5.32 Å². The first kappa shape index (κ1) is 17.5. The van der Waals surface area contributed by atoms with Gasteiger partial charge in [0.2, 0.25) is 5.91 Å². The molecule has 0 atom stereocenters. The van der Waals surface area contributed by atoms with Crippen molar-refractivity contribution in [3.63, 3.8) is 0 Å². The number of carbonyl (C=O) groups is 1. The minimum absolute atomic E-state index is 0.147. The highest BCUT2D eigenvalue weighted by molar-refractivity contribution is 7.99. The van der Waals surface area contributed by atoms with Crippen molar-refractivity contribution in [1.82, 2.24) is 14.5 Å². The van der Waals surface area contributed by atoms with E-state index in [1.807, 2.05) is 13.8 Å². The van der Waals surface area contributed by atoms with Crippen LogP contribution in [0.5, 0.6) is 0 Å². The normalized spacial score (nSPS) is 14.4. The highest BCUT2D eigenvalue weighted by Crippen LogP contribution is 2.37. The molecule has 1 saturated carbocycles. The van der Waals surface area contributed by atoms with E-state index in [1.54, 1.807) is 18.5 Å². The molecule has 0 spiro atoms. The summed E-state index contributed by atoms with van der Waals surface area (Å²) in [4.78, 5) is 20.6. The molecule has 7 heteroatoms. The largest absolute Gasteiger partial charge is 0.327 e. The summed E-state index contributed by atoms with van der Waals surface area (Å²) in [6, 6.07) is 4.36. The molecule has 3 rings (SSSR count). The van der Waals surface area contributed by atoms with E-state index < -0.39 is 0 Å². The average molecular weight is 355 g/mol. The molecule has 2 heterocycles. The van der Waals surface area contributed by atoms with E-state index in [1.165, 1.54) is 24.6 Å². The van der Waals surface area contributed by atoms with Crippen molar-refractivity contribution in [1.29, 1.82) is 5.26 Å². The van der Waals surface area contributed by atoms with Crippen LogP contribution in [-0.4, -0.2) is 26.2 Å². The molecule has 0 saturated heterocycles. The molecule has 1 aliphatic carbocycles. The van der Waals surface area contributed by atoms with E-state index in [0.29, 0.717) is 22.6 Å². The van der Waals surface area contributed by atoms with E-state index in [4.69, 9.17) is 0 Å². The van der Waals surface area contributed by atoms with Gasteiger partial charge in [-0.05, 0) is 38.3 Å². The molecule has 0 bridgehead atoms. The second kappa shape index (κ2) is 7.70. The van der Waals surface area contributed by atoms with Crippen LogP contribution in [0.1, 0.15) is 48.5 Å². The minimum atomic E-state index is -0.147. The molecular weight excluding hydrogens is 334 g/mol. The Hall–Kier alpha value is -2.33. The Morgan fingerprint density at radius 1 is 1.36 bits per heavy atom. The summed E-state index contributed by atoms with van der Waals surface area (Å²) < 4.78 is 2.16. The number of nitriles is 1. The lowest BCUT2D eigenvalue weighted by molar-refractivity contribution is -0.113. The zero-order chi connectivity index (χ0) is 17.8. The molecule has 1 amide bonds. The number of anilines is 1. The zero-order valence-electron chi connectivity index (χ0n) is 14.5. The second-order valence-electron chi connectivity index (χ2n) is 6.22. The van der Waals surface area contributed by atoms with Crippen molar-refractivity contribution in [3.8, 4) is 6.07 Å². The Balaban J connectivity index is 1.80. The maximum Gasteiger partial charge on any atom is 0.235 e. The SMILES string of the molecule is Cc1c(C#N)c(NC(=O)CSc2ncccn2)n(C2CCCC2)c1C. The Kier molecular flexibility index (Phi) is 5.39. The third kappa shape index (κ3) is 3.69. The minimum Gasteiger partial charge on any atom is -0.327 e. The van der Waals surface area contributed by atoms with Crippen LogP contribution in [0.25, 0.3) is 0 Å². The van der Waals surface area contributed by atoms with Crippen molar-refractivity contribution < 1.29 is 4.79 Å². The van der Waals surface area contributed by atoms with Crippen molar-refractivity contribution >= 4 is 23.5 Å². The summed E-state index contributed by atoms with van der Waals surface area (Å²) in [6.07, 6.45) is 7.87. The summed E-state index contributed by atoms with van der Waals surface area (Å²) in [5.41, 5.74) is 2.58. The number of amides is 1. The smallest absolute Gasteiger partial charge is 0.235 e. The molecule has 130 valence electrons. The number of hydrogen-bond acceptors (Lipinski definition) is 5. The van der Waals surface area contributed by atoms with E-state index >= 15 is 0 Å². The van der Waals surface area contributed by atoms with E-state index in [2.05, 4.69) is 25.9 Å². The maximum atomic E-state index is 12.4. The summed E-state index contributed by atoms with van der Waals surface area (Å²) in [6.45, 7) is 3.97. The molecule has 2 aromatic heterocycles. The van der Waals surface area contributed by atoms with Gasteiger partial charge in [0.15, 0.2) is 5.16 Å². The molecule has 1 aliphatic rings. The van der Waals surface area contributed by atoms with Crippen molar-refractivity contribution in [2.24, 2.45) is 0 Å². The number of nitrogens with zero attached hydrogens (tertiary/aromatic N) is 4. The molecule has 25 heavy (non-hydrogen) atoms. The highest BCUT2D eigenvalue weighted by Gasteiger charge is 2.26. The van der Waals surface area contributed by atoms with Crippen LogP contribution in [0.4, 0.5) is 5.82 Å². The first-order chi connectivity index (χ1) is 12.1. The number of thioether (sulfide) groups is 1. The summed E-state index contributed by atoms with van der Waals surface area (Å²) in [5.74, 6) is 0.706. The lowest BCUT2D eigenvalue weighted by atomic mass is 10.2. The summed E-state index contributed by atoms with van der Waals surface area (Å²) >= 11 is 1.28. The van der Waals surface area contributed by atoms with E-state index in [-0.39, 0.29) is 11.7 Å². The van der Waals surface area contributed by atoms with Gasteiger partial charge in [-0.25, -0.2) is 9.97 Å². The fourth-order valence-corrected chi connectivity index (χ4v) is 3.97. The van der Waals surface area contributed by atoms with Gasteiger partial charge in [-0.15, -0.1) is 0 Å². The third-order valence-corrected chi connectivity index (χ3v) is 5.57. The Labute approximate surface area is 151 Å². The van der Waals surface area contributed by atoms with Gasteiger partial charge in [0.25, 0.3) is 0 Å². The van der Waals surface area contributed by atoms with Gasteiger partial charge in [0.05, 0.1) is 11.3 Å². The predicted octanol–water partition coefficient (Wildman–Crippen LogP) is 3.61. The lowest BCUT2D eigenvalue weighted by Crippen LogP contribution is -2.19. The molecular formula is C18H21N5OS. The maximum absolute atomic E-state index is 12.4. The number of nitrogens with one attached hydrogen (secondary N) is 1. The van der Waals surface area contributed by atoms with Crippen LogP contribution in [0.15, 0.2) is 23.6 Å². The van der Waals surface area contributed by atoms with Crippen LogP contribution in [-0.2, 0) is 4.79 Å². The molecule has 0 aromatic carbocycles. The number of aromatic nitrogens is 3. The van der Waals surface area contributed by atoms with Gasteiger partial charge in [-0.2, -0.15) is 5.26 Å². The van der Waals surface area contributed by atoms with Crippen molar-refractivity contribution in [2.75, 3.05) is 11.1 Å². The molecule has 1 N–H and O–H groups in total. The van der Waals surface area contributed by atoms with E-state index in [0.717, 1.165) is 24.1 Å².